The Bertz CT molecular complexity index is 28.0. The van der Waals surface area contributed by atoms with Crippen LogP contribution in [0.5, 0.6) is 0 Å². The Hall–Kier alpha value is 0.210. The van der Waals surface area contributed by atoms with Crippen LogP contribution in [-0.2, 0) is 0 Å². The molecule has 0 bridgehead atoms. The van der Waals surface area contributed by atoms with Gasteiger partial charge in [-0.2, -0.15) is 0 Å². The van der Waals surface area contributed by atoms with Crippen LogP contribution in [0.4, 0.5) is 0 Å². The molecule has 2 nitrogen and oxygen atoms in total. The highest BCUT2D eigenvalue weighted by molar-refractivity contribution is 6.20. The summed E-state index contributed by atoms with van der Waals surface area (Å²) in [4.78, 5) is 0. The number of hydrogen-bond donors (Lipinski definition) is 2. The molecule has 0 fully saturated rings. The molecule has 0 radical (unpaired) electrons. The molecule has 6 heavy (non-hydrogen) atoms. The highest BCUT2D eigenvalue weighted by Gasteiger charge is 1.87. The van der Waals surface area contributed by atoms with Gasteiger partial charge < -0.3 is 0 Å². The van der Waals surface area contributed by atoms with Crippen molar-refractivity contribution in [3.05, 3.63) is 0 Å². The molecule has 0 unspecified atom stereocenters. The van der Waals surface area contributed by atoms with E-state index in [1.165, 1.54) is 0 Å². The summed E-state index contributed by atoms with van der Waals surface area (Å²) in [5, 5.41) is 5.54. The lowest BCUT2D eigenvalue weighted by Gasteiger charge is -2.02. The lowest BCUT2D eigenvalue weighted by Crippen LogP contribution is -2.31. The molecule has 0 heterocycles. The van der Waals surface area contributed by atoms with Crippen molar-refractivity contribution >= 4 is 11.6 Å². The third-order valence-electron chi connectivity index (χ3n) is 0.507. The zero-order valence-corrected chi connectivity index (χ0v) is 4.71. The van der Waals surface area contributed by atoms with E-state index in [9.17, 15) is 0 Å². The van der Waals surface area contributed by atoms with E-state index in [1.54, 1.807) is 14.1 Å². The van der Waals surface area contributed by atoms with Crippen molar-refractivity contribution in [2.45, 2.75) is 5.62 Å². The van der Waals surface area contributed by atoms with Gasteiger partial charge in [-0.1, -0.05) is 11.6 Å². The van der Waals surface area contributed by atoms with Gasteiger partial charge in [-0.15, -0.1) is 0 Å². The Labute approximate surface area is 42.9 Å². The van der Waals surface area contributed by atoms with Crippen LogP contribution in [0.1, 0.15) is 0 Å². The van der Waals surface area contributed by atoms with E-state index in [0.717, 1.165) is 0 Å². The van der Waals surface area contributed by atoms with Crippen molar-refractivity contribution in [1.82, 2.24) is 10.6 Å². The molecular weight excluding hydrogens is 99.5 g/mol. The first-order valence-corrected chi connectivity index (χ1v) is 2.23. The van der Waals surface area contributed by atoms with E-state index < -0.39 is 0 Å². The van der Waals surface area contributed by atoms with Crippen LogP contribution in [0.2, 0.25) is 0 Å². The molecule has 3 heteroatoms. The second-order valence-electron chi connectivity index (χ2n) is 0.940. The lowest BCUT2D eigenvalue weighted by atomic mass is 11.0. The maximum absolute atomic E-state index is 5.43. The Morgan fingerprint density at radius 2 is 1.67 bits per heavy atom. The van der Waals surface area contributed by atoms with Gasteiger partial charge in [-0.3, -0.25) is 10.6 Å². The normalized spacial score (nSPS) is 10.0. The van der Waals surface area contributed by atoms with E-state index in [-0.39, 0.29) is 5.62 Å². The molecular formula is C3H9ClN2. The van der Waals surface area contributed by atoms with Crippen LogP contribution in [0.3, 0.4) is 0 Å². The molecule has 2 N–H and O–H groups in total. The molecule has 0 aliphatic rings. The second-order valence-corrected chi connectivity index (χ2v) is 1.38. The van der Waals surface area contributed by atoms with Gasteiger partial charge >= 0.3 is 0 Å². The number of halogens is 1. The third kappa shape index (κ3) is 2.45. The first-order valence-electron chi connectivity index (χ1n) is 1.80. The van der Waals surface area contributed by atoms with Crippen LogP contribution in [0, 0.1) is 0 Å². The minimum atomic E-state index is -0.0926. The molecule has 0 spiro atoms. The molecule has 0 aromatic heterocycles. The summed E-state index contributed by atoms with van der Waals surface area (Å²) in [5.41, 5.74) is -0.0926. The van der Waals surface area contributed by atoms with Crippen LogP contribution in [0.15, 0.2) is 0 Å². The highest BCUT2D eigenvalue weighted by Crippen LogP contribution is 1.76. The average molecular weight is 109 g/mol. The summed E-state index contributed by atoms with van der Waals surface area (Å²) in [7, 11) is 3.57. The Kier molecular flexibility index (Phi) is 3.52. The van der Waals surface area contributed by atoms with Gasteiger partial charge in [-0.25, -0.2) is 0 Å². The lowest BCUT2D eigenvalue weighted by molar-refractivity contribution is 0.645. The minimum Gasteiger partial charge on any atom is -0.292 e. The van der Waals surface area contributed by atoms with Crippen molar-refractivity contribution in [2.75, 3.05) is 14.1 Å². The molecule has 0 amide bonds. The zero-order valence-electron chi connectivity index (χ0n) is 3.96. The molecule has 0 rings (SSSR count). The predicted octanol–water partition coefficient (Wildman–Crippen LogP) is -0.0524. The molecule has 0 atom stereocenters. The summed E-state index contributed by atoms with van der Waals surface area (Å²) in [6.45, 7) is 0. The van der Waals surface area contributed by atoms with Gasteiger partial charge in [0, 0.05) is 0 Å². The summed E-state index contributed by atoms with van der Waals surface area (Å²) in [6.07, 6.45) is 0. The SMILES string of the molecule is CNC(Cl)NC. The van der Waals surface area contributed by atoms with E-state index in [1.807, 2.05) is 0 Å². The third-order valence-corrected chi connectivity index (χ3v) is 0.943. The Balaban J connectivity index is 2.75. The molecule has 0 aromatic rings. The smallest absolute Gasteiger partial charge is 0.134 e. The minimum absolute atomic E-state index is 0.0926. The average Bonchev–Trinajstić information content (AvgIpc) is 1.65. The summed E-state index contributed by atoms with van der Waals surface area (Å²) < 4.78 is 0. The van der Waals surface area contributed by atoms with E-state index in [2.05, 4.69) is 10.6 Å². The molecule has 0 aromatic carbocycles. The maximum atomic E-state index is 5.43. The first kappa shape index (κ1) is 6.21. The largest absolute Gasteiger partial charge is 0.292 e. The zero-order chi connectivity index (χ0) is 4.99. The van der Waals surface area contributed by atoms with Gasteiger partial charge in [0.25, 0.3) is 0 Å². The topological polar surface area (TPSA) is 24.1 Å². The van der Waals surface area contributed by atoms with Crippen LogP contribution in [-0.4, -0.2) is 19.7 Å². The second kappa shape index (κ2) is 3.40. The summed E-state index contributed by atoms with van der Waals surface area (Å²) in [5.74, 6) is 0. The number of alkyl halides is 1. The van der Waals surface area contributed by atoms with Crippen molar-refractivity contribution < 1.29 is 0 Å². The molecule has 0 aliphatic heterocycles. The monoisotopic (exact) mass is 108 g/mol. The van der Waals surface area contributed by atoms with E-state index in [4.69, 9.17) is 11.6 Å². The summed E-state index contributed by atoms with van der Waals surface area (Å²) in [6, 6.07) is 0. The quantitative estimate of drug-likeness (QED) is 0.294. The number of rotatable bonds is 2. The van der Waals surface area contributed by atoms with Crippen molar-refractivity contribution in [3.63, 3.8) is 0 Å². The van der Waals surface area contributed by atoms with Crippen molar-refractivity contribution in [3.8, 4) is 0 Å². The van der Waals surface area contributed by atoms with E-state index in [0.29, 0.717) is 0 Å². The predicted molar refractivity (Wildman–Crippen MR) is 27.8 cm³/mol. The molecule has 38 valence electrons. The van der Waals surface area contributed by atoms with E-state index >= 15 is 0 Å². The fourth-order valence-corrected chi connectivity index (χ4v) is 0.144. The summed E-state index contributed by atoms with van der Waals surface area (Å²) >= 11 is 5.43. The first-order chi connectivity index (χ1) is 2.81. The van der Waals surface area contributed by atoms with Crippen molar-refractivity contribution in [1.29, 1.82) is 0 Å². The fourth-order valence-electron chi connectivity index (χ4n) is 0.144. The number of hydrogen-bond acceptors (Lipinski definition) is 2. The van der Waals surface area contributed by atoms with Gasteiger partial charge in [0.15, 0.2) is 0 Å². The Morgan fingerprint density at radius 1 is 1.33 bits per heavy atom. The Morgan fingerprint density at radius 3 is 1.67 bits per heavy atom. The molecule has 0 saturated carbocycles. The van der Waals surface area contributed by atoms with Gasteiger partial charge in [0.2, 0.25) is 0 Å². The fraction of sp³-hybridized carbons (Fsp3) is 1.00. The van der Waals surface area contributed by atoms with Crippen molar-refractivity contribution in [2.24, 2.45) is 0 Å². The van der Waals surface area contributed by atoms with Gasteiger partial charge in [0.1, 0.15) is 5.62 Å². The maximum Gasteiger partial charge on any atom is 0.134 e. The highest BCUT2D eigenvalue weighted by atomic mass is 35.5. The standard InChI is InChI=1S/C3H9ClN2/c1-5-3(4)6-2/h3,5-6H,1-2H3. The van der Waals surface area contributed by atoms with Gasteiger partial charge in [0.05, 0.1) is 0 Å². The molecule has 0 saturated heterocycles. The van der Waals surface area contributed by atoms with Crippen LogP contribution >= 0.6 is 11.6 Å². The van der Waals surface area contributed by atoms with Gasteiger partial charge in [-0.05, 0) is 14.1 Å². The molecule has 0 aliphatic carbocycles. The van der Waals surface area contributed by atoms with Crippen LogP contribution in [0.25, 0.3) is 0 Å². The number of nitrogens with one attached hydrogen (secondary N) is 2. The van der Waals surface area contributed by atoms with Crippen LogP contribution < -0.4 is 10.6 Å².